The molecule has 0 amide bonds. The Labute approximate surface area is 193 Å². The van der Waals surface area contributed by atoms with Crippen molar-refractivity contribution in [2.24, 2.45) is 0 Å². The summed E-state index contributed by atoms with van der Waals surface area (Å²) in [6.07, 6.45) is 0. The summed E-state index contributed by atoms with van der Waals surface area (Å²) in [7, 11) is 0. The van der Waals surface area contributed by atoms with Gasteiger partial charge >= 0.3 is 0 Å². The van der Waals surface area contributed by atoms with E-state index < -0.39 is 0 Å². The molecule has 0 saturated heterocycles. The zero-order chi connectivity index (χ0) is 22.3. The van der Waals surface area contributed by atoms with Crippen molar-refractivity contribution >= 4 is 10.8 Å². The first-order valence-corrected chi connectivity index (χ1v) is 11.4. The van der Waals surface area contributed by atoms with E-state index in [2.05, 4.69) is 105 Å². The van der Waals surface area contributed by atoms with Crippen LogP contribution in [0.1, 0.15) is 30.5 Å². The average molecular weight is 420 g/mol. The van der Waals surface area contributed by atoms with E-state index >= 15 is 0 Å². The number of hydrogen-bond acceptors (Lipinski definition) is 1. The van der Waals surface area contributed by atoms with Crippen LogP contribution in [0.2, 0.25) is 0 Å². The van der Waals surface area contributed by atoms with E-state index in [1.165, 1.54) is 66.4 Å². The van der Waals surface area contributed by atoms with Gasteiger partial charge in [-0.2, -0.15) is 5.26 Å². The van der Waals surface area contributed by atoms with Crippen LogP contribution in [0.5, 0.6) is 0 Å². The zero-order valence-electron chi connectivity index (χ0n) is 18.6. The summed E-state index contributed by atoms with van der Waals surface area (Å²) in [6, 6.07) is 35.3. The van der Waals surface area contributed by atoms with Crippen molar-refractivity contribution in [3.05, 3.63) is 108 Å². The summed E-state index contributed by atoms with van der Waals surface area (Å²) in [5, 5.41) is 12.1. The molecule has 0 fully saturated rings. The van der Waals surface area contributed by atoms with Gasteiger partial charge in [0.15, 0.2) is 0 Å². The maximum atomic E-state index is 9.41. The van der Waals surface area contributed by atoms with E-state index in [4.69, 9.17) is 0 Å². The van der Waals surface area contributed by atoms with Crippen LogP contribution in [0.4, 0.5) is 0 Å². The molecular weight excluding hydrogens is 398 g/mol. The van der Waals surface area contributed by atoms with E-state index in [9.17, 15) is 5.26 Å². The number of hydrogen-bond donors (Lipinski definition) is 0. The quantitative estimate of drug-likeness (QED) is 0.263. The molecular formula is C32H21N. The normalized spacial score (nSPS) is 14.0. The van der Waals surface area contributed by atoms with Crippen molar-refractivity contribution in [1.82, 2.24) is 0 Å². The molecule has 1 nitrogen and oxygen atoms in total. The van der Waals surface area contributed by atoms with Gasteiger partial charge in [0.2, 0.25) is 0 Å². The minimum absolute atomic E-state index is 0.140. The molecule has 0 radical (unpaired) electrons. The van der Waals surface area contributed by atoms with Gasteiger partial charge in [-0.1, -0.05) is 86.6 Å². The molecule has 2 aliphatic rings. The molecule has 0 spiro atoms. The molecule has 33 heavy (non-hydrogen) atoms. The topological polar surface area (TPSA) is 23.8 Å². The summed E-state index contributed by atoms with van der Waals surface area (Å²) in [6.45, 7) is 4.54. The Morgan fingerprint density at radius 3 is 1.94 bits per heavy atom. The maximum Gasteiger partial charge on any atom is 0.0991 e. The van der Waals surface area contributed by atoms with Gasteiger partial charge in [0.05, 0.1) is 11.6 Å². The second-order valence-corrected chi connectivity index (χ2v) is 9.69. The highest BCUT2D eigenvalue weighted by molar-refractivity contribution is 6.18. The van der Waals surface area contributed by atoms with Crippen molar-refractivity contribution in [1.29, 1.82) is 5.26 Å². The molecule has 0 atom stereocenters. The third-order valence-electron chi connectivity index (χ3n) is 7.66. The molecule has 0 unspecified atom stereocenters. The van der Waals surface area contributed by atoms with Crippen LogP contribution in [0.15, 0.2) is 91.0 Å². The lowest BCUT2D eigenvalue weighted by atomic mass is 9.81. The molecule has 0 saturated carbocycles. The van der Waals surface area contributed by atoms with Crippen molar-refractivity contribution in [3.63, 3.8) is 0 Å². The number of nitriles is 1. The van der Waals surface area contributed by atoms with E-state index in [1.54, 1.807) is 0 Å². The molecule has 7 rings (SSSR count). The Morgan fingerprint density at radius 1 is 0.576 bits per heavy atom. The molecule has 0 N–H and O–H groups in total. The van der Waals surface area contributed by atoms with Gasteiger partial charge in [0, 0.05) is 5.41 Å². The molecule has 154 valence electrons. The largest absolute Gasteiger partial charge is 0.192 e. The van der Waals surface area contributed by atoms with Crippen molar-refractivity contribution in [2.75, 3.05) is 0 Å². The third kappa shape index (κ3) is 2.31. The zero-order valence-corrected chi connectivity index (χ0v) is 18.6. The third-order valence-corrected chi connectivity index (χ3v) is 7.66. The summed E-state index contributed by atoms with van der Waals surface area (Å²) in [4.78, 5) is 0. The van der Waals surface area contributed by atoms with Crippen molar-refractivity contribution in [3.8, 4) is 50.6 Å². The van der Waals surface area contributed by atoms with E-state index in [0.717, 1.165) is 5.56 Å². The lowest BCUT2D eigenvalue weighted by molar-refractivity contribution is 0.660. The monoisotopic (exact) mass is 419 g/mol. The lowest BCUT2D eigenvalue weighted by Gasteiger charge is -2.22. The van der Waals surface area contributed by atoms with Crippen LogP contribution in [-0.2, 0) is 5.41 Å². The fourth-order valence-electron chi connectivity index (χ4n) is 6.03. The summed E-state index contributed by atoms with van der Waals surface area (Å²) in [5.41, 5.74) is 13.5. The lowest BCUT2D eigenvalue weighted by Crippen LogP contribution is -2.15. The van der Waals surface area contributed by atoms with Crippen LogP contribution in [0.25, 0.3) is 55.3 Å². The molecule has 1 heteroatoms. The smallest absolute Gasteiger partial charge is 0.0991 e. The van der Waals surface area contributed by atoms with Crippen LogP contribution in [-0.4, -0.2) is 0 Å². The molecule has 0 heterocycles. The predicted molar refractivity (Wildman–Crippen MR) is 136 cm³/mol. The Hall–Kier alpha value is -4.15. The highest BCUT2D eigenvalue weighted by atomic mass is 14.4. The number of benzene rings is 5. The molecule has 2 aliphatic carbocycles. The summed E-state index contributed by atoms with van der Waals surface area (Å²) >= 11 is 0. The van der Waals surface area contributed by atoms with Gasteiger partial charge in [0.25, 0.3) is 0 Å². The highest BCUT2D eigenvalue weighted by Crippen LogP contribution is 2.52. The fraction of sp³-hybridized carbons (Fsp3) is 0.0938. The Morgan fingerprint density at radius 2 is 1.18 bits per heavy atom. The van der Waals surface area contributed by atoms with Gasteiger partial charge in [-0.3, -0.25) is 0 Å². The van der Waals surface area contributed by atoms with Crippen LogP contribution in [0.3, 0.4) is 0 Å². The van der Waals surface area contributed by atoms with Crippen molar-refractivity contribution < 1.29 is 0 Å². The molecule has 0 aromatic heterocycles. The molecule has 0 aliphatic heterocycles. The number of rotatable bonds is 1. The fourth-order valence-corrected chi connectivity index (χ4v) is 6.03. The second kappa shape index (κ2) is 6.21. The first kappa shape index (κ1) is 18.4. The standard InChI is InChI=1S/C32H21N/c1-32(2)29-16-19(18-33)10-12-24(29)25-13-11-20(17-30(25)32)21-14-15-28-23-7-4-3-6-22(23)27-9-5-8-26(21)31(27)28/h3-17H,1-2H3. The minimum atomic E-state index is -0.140. The van der Waals surface area contributed by atoms with Crippen LogP contribution < -0.4 is 0 Å². The van der Waals surface area contributed by atoms with E-state index in [1.807, 2.05) is 6.07 Å². The number of nitrogens with zero attached hydrogens (tertiary/aromatic N) is 1. The summed E-state index contributed by atoms with van der Waals surface area (Å²) < 4.78 is 0. The minimum Gasteiger partial charge on any atom is -0.192 e. The predicted octanol–water partition coefficient (Wildman–Crippen LogP) is 8.33. The maximum absolute atomic E-state index is 9.41. The van der Waals surface area contributed by atoms with Gasteiger partial charge in [-0.05, 0) is 84.6 Å². The van der Waals surface area contributed by atoms with E-state index in [-0.39, 0.29) is 5.41 Å². The Kier molecular flexibility index (Phi) is 3.47. The first-order chi connectivity index (χ1) is 16.1. The van der Waals surface area contributed by atoms with Crippen molar-refractivity contribution in [2.45, 2.75) is 19.3 Å². The van der Waals surface area contributed by atoms with Gasteiger partial charge < -0.3 is 0 Å². The number of fused-ring (bicyclic) bond motifs is 6. The van der Waals surface area contributed by atoms with Crippen LogP contribution in [0, 0.1) is 11.3 Å². The molecule has 0 bridgehead atoms. The highest BCUT2D eigenvalue weighted by Gasteiger charge is 2.36. The first-order valence-electron chi connectivity index (χ1n) is 11.4. The average Bonchev–Trinajstić information content (AvgIpc) is 3.30. The van der Waals surface area contributed by atoms with E-state index in [0.29, 0.717) is 0 Å². The van der Waals surface area contributed by atoms with Crippen LogP contribution >= 0.6 is 0 Å². The van der Waals surface area contributed by atoms with Gasteiger partial charge in [-0.15, -0.1) is 0 Å². The Balaban J connectivity index is 1.45. The Bertz CT molecular complexity index is 1670. The SMILES string of the molecule is CC1(C)c2cc(C#N)ccc2-c2ccc(-c3ccc4c5c(cccc35)-c3ccccc3-4)cc21. The summed E-state index contributed by atoms with van der Waals surface area (Å²) in [5.74, 6) is 0. The molecule has 5 aromatic carbocycles. The van der Waals surface area contributed by atoms with Gasteiger partial charge in [-0.25, -0.2) is 0 Å². The van der Waals surface area contributed by atoms with Gasteiger partial charge in [0.1, 0.15) is 0 Å². The second-order valence-electron chi connectivity index (χ2n) is 9.69. The molecule has 5 aromatic rings.